The number of ether oxygens (including phenoxy) is 1. The van der Waals surface area contributed by atoms with Crippen LogP contribution in [0.1, 0.15) is 39.4 Å². The van der Waals surface area contributed by atoms with Gasteiger partial charge in [0.25, 0.3) is 0 Å². The summed E-state index contributed by atoms with van der Waals surface area (Å²) in [5, 5.41) is 2.09. The van der Waals surface area contributed by atoms with Crippen molar-refractivity contribution in [3.8, 4) is 0 Å². The number of halogens is 1. The number of carbonyl (C=O) groups excluding carboxylic acids is 2. The Bertz CT molecular complexity index is 1340. The fraction of sp³-hybridized carbons (Fsp3) is 0.179. The minimum Gasteiger partial charge on any atom is -0.457 e. The smallest absolute Gasteiger partial charge is 0.341 e. The van der Waals surface area contributed by atoms with Gasteiger partial charge < -0.3 is 4.74 Å². The Kier molecular flexibility index (Phi) is 5.69. The van der Waals surface area contributed by atoms with Gasteiger partial charge in [0.2, 0.25) is 0 Å². The lowest BCUT2D eigenvalue weighted by Crippen LogP contribution is -2.09. The standard InChI is InChI=1S/C28H22FNO3/c29-26-9-8-21(14-25(26)28(32)33-17-18-4-2-1-3-5-18)23-15-24(23)27(31)13-19-6-7-22-16-30-11-10-20(22)12-19/h1-12,14,16,23-24H,13,15,17H2/t23-,24+/m0/s1. The van der Waals surface area contributed by atoms with E-state index in [9.17, 15) is 14.0 Å². The van der Waals surface area contributed by atoms with Crippen molar-refractivity contribution in [1.29, 1.82) is 0 Å². The van der Waals surface area contributed by atoms with Gasteiger partial charge in [-0.2, -0.15) is 0 Å². The van der Waals surface area contributed by atoms with Gasteiger partial charge in [-0.25, -0.2) is 9.18 Å². The number of hydrogen-bond donors (Lipinski definition) is 0. The van der Waals surface area contributed by atoms with Crippen molar-refractivity contribution < 1.29 is 18.7 Å². The molecule has 0 spiro atoms. The molecule has 4 nitrogen and oxygen atoms in total. The minimum absolute atomic E-state index is 0.00318. The second kappa shape index (κ2) is 8.94. The van der Waals surface area contributed by atoms with Gasteiger partial charge in [0.15, 0.2) is 0 Å². The number of ketones is 1. The molecule has 0 aliphatic heterocycles. The summed E-state index contributed by atoms with van der Waals surface area (Å²) in [5.74, 6) is -1.27. The van der Waals surface area contributed by atoms with Gasteiger partial charge in [0.1, 0.15) is 18.2 Å². The summed E-state index contributed by atoms with van der Waals surface area (Å²) in [6.07, 6.45) is 4.60. The number of rotatable bonds is 7. The lowest BCUT2D eigenvalue weighted by molar-refractivity contribution is -0.119. The van der Waals surface area contributed by atoms with Gasteiger partial charge in [-0.3, -0.25) is 9.78 Å². The molecule has 1 aromatic heterocycles. The van der Waals surface area contributed by atoms with Crippen LogP contribution in [-0.2, 0) is 22.6 Å². The maximum absolute atomic E-state index is 14.3. The first kappa shape index (κ1) is 21.0. The number of carbonyl (C=O) groups is 2. The van der Waals surface area contributed by atoms with E-state index in [0.29, 0.717) is 12.8 Å². The van der Waals surface area contributed by atoms with Gasteiger partial charge >= 0.3 is 5.97 Å². The molecule has 1 fully saturated rings. The summed E-state index contributed by atoms with van der Waals surface area (Å²) in [6.45, 7) is 0.0791. The highest BCUT2D eigenvalue weighted by Crippen LogP contribution is 2.48. The quantitative estimate of drug-likeness (QED) is 0.350. The van der Waals surface area contributed by atoms with Crippen molar-refractivity contribution in [3.63, 3.8) is 0 Å². The van der Waals surface area contributed by atoms with Crippen molar-refractivity contribution in [2.75, 3.05) is 0 Å². The molecular formula is C28H22FNO3. The summed E-state index contributed by atoms with van der Waals surface area (Å²) in [7, 11) is 0. The minimum atomic E-state index is -0.701. The van der Waals surface area contributed by atoms with Gasteiger partial charge in [-0.15, -0.1) is 0 Å². The van der Waals surface area contributed by atoms with Crippen LogP contribution in [0.15, 0.2) is 85.2 Å². The van der Waals surface area contributed by atoms with Crippen molar-refractivity contribution in [1.82, 2.24) is 4.98 Å². The molecule has 0 bridgehead atoms. The first-order valence-corrected chi connectivity index (χ1v) is 10.9. The zero-order valence-corrected chi connectivity index (χ0v) is 17.9. The zero-order valence-electron chi connectivity index (χ0n) is 17.9. The third-order valence-electron chi connectivity index (χ3n) is 6.14. The number of nitrogens with zero attached hydrogens (tertiary/aromatic N) is 1. The predicted molar refractivity (Wildman–Crippen MR) is 123 cm³/mol. The van der Waals surface area contributed by atoms with Gasteiger partial charge in [-0.05, 0) is 52.6 Å². The van der Waals surface area contributed by atoms with Crippen molar-refractivity contribution in [2.24, 2.45) is 5.92 Å². The van der Waals surface area contributed by atoms with Crippen LogP contribution >= 0.6 is 0 Å². The number of aromatic nitrogens is 1. The van der Waals surface area contributed by atoms with Crippen molar-refractivity contribution in [2.45, 2.75) is 25.4 Å². The average molecular weight is 439 g/mol. The van der Waals surface area contributed by atoms with Crippen LogP contribution < -0.4 is 0 Å². The summed E-state index contributed by atoms with van der Waals surface area (Å²) >= 11 is 0. The highest BCUT2D eigenvalue weighted by Gasteiger charge is 2.43. The highest BCUT2D eigenvalue weighted by molar-refractivity contribution is 5.91. The molecule has 164 valence electrons. The number of esters is 1. The van der Waals surface area contributed by atoms with Crippen LogP contribution in [0.4, 0.5) is 4.39 Å². The lowest BCUT2D eigenvalue weighted by atomic mass is 10.00. The molecule has 0 unspecified atom stereocenters. The topological polar surface area (TPSA) is 56.3 Å². The first-order chi connectivity index (χ1) is 16.1. The normalized spacial score (nSPS) is 17.0. The van der Waals surface area contributed by atoms with E-state index in [-0.39, 0.29) is 29.8 Å². The van der Waals surface area contributed by atoms with Crippen LogP contribution in [0.25, 0.3) is 10.8 Å². The van der Waals surface area contributed by atoms with Gasteiger partial charge in [0, 0.05) is 30.1 Å². The first-order valence-electron chi connectivity index (χ1n) is 10.9. The lowest BCUT2D eigenvalue weighted by Gasteiger charge is -2.08. The van der Waals surface area contributed by atoms with E-state index in [1.165, 1.54) is 12.1 Å². The second-order valence-corrected chi connectivity index (χ2v) is 8.45. The Morgan fingerprint density at radius 2 is 1.79 bits per heavy atom. The van der Waals surface area contributed by atoms with E-state index >= 15 is 0 Å². The Morgan fingerprint density at radius 1 is 0.939 bits per heavy atom. The van der Waals surface area contributed by atoms with Crippen LogP contribution in [0, 0.1) is 11.7 Å². The molecule has 1 saturated carbocycles. The van der Waals surface area contributed by atoms with E-state index in [2.05, 4.69) is 4.98 Å². The van der Waals surface area contributed by atoms with E-state index in [1.54, 1.807) is 18.5 Å². The predicted octanol–water partition coefficient (Wildman–Crippen LogP) is 5.65. The molecule has 1 heterocycles. The average Bonchev–Trinajstić information content (AvgIpc) is 3.65. The van der Waals surface area contributed by atoms with Crippen LogP contribution in [0.3, 0.4) is 0 Å². The molecule has 5 heteroatoms. The van der Waals surface area contributed by atoms with Crippen LogP contribution in [0.5, 0.6) is 0 Å². The molecule has 5 rings (SSSR count). The monoisotopic (exact) mass is 439 g/mol. The number of pyridine rings is 1. The number of benzene rings is 3. The Labute approximate surface area is 191 Å². The van der Waals surface area contributed by atoms with E-state index in [1.807, 2.05) is 54.6 Å². The largest absolute Gasteiger partial charge is 0.457 e. The maximum Gasteiger partial charge on any atom is 0.341 e. The van der Waals surface area contributed by atoms with Crippen LogP contribution in [-0.4, -0.2) is 16.7 Å². The van der Waals surface area contributed by atoms with Gasteiger partial charge in [0.05, 0.1) is 5.56 Å². The van der Waals surface area contributed by atoms with Crippen molar-refractivity contribution in [3.05, 3.63) is 113 Å². The zero-order chi connectivity index (χ0) is 22.8. The molecule has 4 aromatic rings. The molecule has 33 heavy (non-hydrogen) atoms. The Balaban J connectivity index is 1.24. The van der Waals surface area contributed by atoms with Gasteiger partial charge in [-0.1, -0.05) is 54.6 Å². The number of hydrogen-bond acceptors (Lipinski definition) is 4. The fourth-order valence-corrected chi connectivity index (χ4v) is 4.23. The SMILES string of the molecule is O=C(OCc1ccccc1)c1cc([C@@H]2C[C@H]2C(=O)Cc2ccc3cnccc3c2)ccc1F. The second-order valence-electron chi connectivity index (χ2n) is 8.45. The van der Waals surface area contributed by atoms with E-state index in [4.69, 9.17) is 4.74 Å². The van der Waals surface area contributed by atoms with E-state index < -0.39 is 11.8 Å². The van der Waals surface area contributed by atoms with E-state index in [0.717, 1.165) is 27.5 Å². The molecule has 1 aliphatic carbocycles. The molecule has 0 saturated heterocycles. The van der Waals surface area contributed by atoms with Crippen molar-refractivity contribution >= 4 is 22.5 Å². The molecule has 0 radical (unpaired) electrons. The maximum atomic E-state index is 14.3. The number of Topliss-reactive ketones (excluding diaryl/α,β-unsaturated/α-hetero) is 1. The third kappa shape index (κ3) is 4.67. The highest BCUT2D eigenvalue weighted by atomic mass is 19.1. The molecule has 0 amide bonds. The summed E-state index contributed by atoms with van der Waals surface area (Å²) in [4.78, 5) is 29.4. The Morgan fingerprint density at radius 3 is 2.64 bits per heavy atom. The molecule has 3 aromatic carbocycles. The molecule has 0 N–H and O–H groups in total. The van der Waals surface area contributed by atoms with Crippen LogP contribution in [0.2, 0.25) is 0 Å². The Hall–Kier alpha value is -3.86. The fourth-order valence-electron chi connectivity index (χ4n) is 4.23. The molecular weight excluding hydrogens is 417 g/mol. The summed E-state index contributed by atoms with van der Waals surface area (Å²) < 4.78 is 19.6. The molecule has 2 atom stereocenters. The third-order valence-corrected chi connectivity index (χ3v) is 6.14. The molecule has 1 aliphatic rings. The summed E-state index contributed by atoms with van der Waals surface area (Å²) in [5.41, 5.74) is 2.50. The summed E-state index contributed by atoms with van der Waals surface area (Å²) in [6, 6.07) is 21.6. The number of fused-ring (bicyclic) bond motifs is 1.